The number of rotatable bonds is 7. The van der Waals surface area contributed by atoms with Gasteiger partial charge in [-0.25, -0.2) is 14.8 Å². The minimum absolute atomic E-state index is 0.298. The summed E-state index contributed by atoms with van der Waals surface area (Å²) in [5, 5.41) is 6.52. The highest BCUT2D eigenvalue weighted by Crippen LogP contribution is 2.33. The van der Waals surface area contributed by atoms with Gasteiger partial charge in [-0.1, -0.05) is 66.5 Å². The van der Waals surface area contributed by atoms with Gasteiger partial charge in [-0.05, 0) is 36.8 Å². The Morgan fingerprint density at radius 2 is 1.78 bits per heavy atom. The number of aromatic nitrogens is 2. The summed E-state index contributed by atoms with van der Waals surface area (Å²) in [5.74, 6) is -1.05. The van der Waals surface area contributed by atoms with Crippen LogP contribution in [-0.4, -0.2) is 27.9 Å². The Morgan fingerprint density at radius 1 is 1.00 bits per heavy atom. The number of nitrogens with zero attached hydrogens (tertiary/aromatic N) is 2. The Kier molecular flexibility index (Phi) is 7.53. The number of hydrogen-bond donors (Lipinski definition) is 1. The molecule has 5 aromatic rings. The number of benzene rings is 3. The quantitative estimate of drug-likeness (QED) is 0.202. The second-order valence-corrected chi connectivity index (χ2v) is 10.7. The van der Waals surface area contributed by atoms with E-state index >= 15 is 0 Å². The molecule has 0 saturated carbocycles. The summed E-state index contributed by atoms with van der Waals surface area (Å²) in [4.78, 5) is 35.2. The lowest BCUT2D eigenvalue weighted by Gasteiger charge is -2.16. The standard InChI is InChI=1S/C27H19Cl2N3O3S2/c1-2-22(24(33)32-27-31-21(14-36-27)15-11-12-18(28)19(29)13-15)35-26(34)17-8-4-3-7-16(17)25-30-20-9-5-6-10-23(20)37-25/h3-14,22H,2H2,1H3,(H,31,32,33). The third-order valence-corrected chi connectivity index (χ3v) is 8.10. The monoisotopic (exact) mass is 567 g/mol. The number of carbonyl (C=O) groups excluding carboxylic acids is 2. The van der Waals surface area contributed by atoms with Gasteiger partial charge in [0.15, 0.2) is 11.2 Å². The molecule has 1 unspecified atom stereocenters. The van der Waals surface area contributed by atoms with Crippen LogP contribution in [0.3, 0.4) is 0 Å². The van der Waals surface area contributed by atoms with Crippen LogP contribution in [0, 0.1) is 0 Å². The van der Waals surface area contributed by atoms with Crippen molar-refractivity contribution >= 4 is 73.1 Å². The second-order valence-electron chi connectivity index (χ2n) is 7.99. The van der Waals surface area contributed by atoms with Crippen molar-refractivity contribution in [3.05, 3.63) is 87.7 Å². The second kappa shape index (κ2) is 11.0. The molecule has 0 saturated heterocycles. The molecule has 0 aliphatic heterocycles. The van der Waals surface area contributed by atoms with Crippen molar-refractivity contribution in [1.29, 1.82) is 0 Å². The van der Waals surface area contributed by atoms with E-state index in [0.29, 0.717) is 43.4 Å². The zero-order valence-electron chi connectivity index (χ0n) is 19.4. The fourth-order valence-electron chi connectivity index (χ4n) is 3.66. The first-order chi connectivity index (χ1) is 17.9. The molecule has 3 aromatic carbocycles. The highest BCUT2D eigenvalue weighted by molar-refractivity contribution is 7.21. The van der Waals surface area contributed by atoms with E-state index < -0.39 is 18.0 Å². The highest BCUT2D eigenvalue weighted by atomic mass is 35.5. The zero-order valence-corrected chi connectivity index (χ0v) is 22.5. The number of hydrogen-bond acceptors (Lipinski definition) is 7. The number of thiazole rings is 2. The molecule has 1 atom stereocenters. The molecule has 2 heterocycles. The molecule has 186 valence electrons. The topological polar surface area (TPSA) is 81.2 Å². The lowest BCUT2D eigenvalue weighted by molar-refractivity contribution is -0.124. The van der Waals surface area contributed by atoms with E-state index in [1.54, 1.807) is 42.6 Å². The van der Waals surface area contributed by atoms with Gasteiger partial charge in [-0.15, -0.1) is 22.7 Å². The predicted molar refractivity (Wildman–Crippen MR) is 151 cm³/mol. The first kappa shape index (κ1) is 25.4. The van der Waals surface area contributed by atoms with Crippen molar-refractivity contribution in [2.24, 2.45) is 0 Å². The number of fused-ring (bicyclic) bond motifs is 1. The number of carbonyl (C=O) groups is 2. The largest absolute Gasteiger partial charge is 0.449 e. The number of ether oxygens (including phenoxy) is 1. The molecule has 1 N–H and O–H groups in total. The lowest BCUT2D eigenvalue weighted by Crippen LogP contribution is -2.32. The van der Waals surface area contributed by atoms with Crippen LogP contribution in [0.5, 0.6) is 0 Å². The number of amides is 1. The smallest absolute Gasteiger partial charge is 0.339 e. The molecule has 1 amide bonds. The van der Waals surface area contributed by atoms with Crippen molar-refractivity contribution in [2.45, 2.75) is 19.4 Å². The molecule has 2 aromatic heterocycles. The minimum Gasteiger partial charge on any atom is -0.449 e. The van der Waals surface area contributed by atoms with E-state index in [4.69, 9.17) is 27.9 Å². The maximum absolute atomic E-state index is 13.2. The van der Waals surface area contributed by atoms with Gasteiger partial charge in [0.1, 0.15) is 5.01 Å². The summed E-state index contributed by atoms with van der Waals surface area (Å²) in [7, 11) is 0. The Bertz CT molecular complexity index is 1580. The molecule has 0 spiro atoms. The maximum Gasteiger partial charge on any atom is 0.339 e. The zero-order chi connectivity index (χ0) is 25.9. The van der Waals surface area contributed by atoms with Crippen LogP contribution < -0.4 is 5.32 Å². The van der Waals surface area contributed by atoms with Crippen molar-refractivity contribution in [3.8, 4) is 21.8 Å². The van der Waals surface area contributed by atoms with Crippen LogP contribution in [0.1, 0.15) is 23.7 Å². The number of para-hydroxylation sites is 1. The highest BCUT2D eigenvalue weighted by Gasteiger charge is 2.25. The third kappa shape index (κ3) is 5.52. The van der Waals surface area contributed by atoms with Crippen molar-refractivity contribution in [1.82, 2.24) is 9.97 Å². The normalized spacial score (nSPS) is 11.9. The van der Waals surface area contributed by atoms with Crippen LogP contribution in [0.15, 0.2) is 72.1 Å². The van der Waals surface area contributed by atoms with E-state index in [-0.39, 0.29) is 0 Å². The molecule has 0 bridgehead atoms. The van der Waals surface area contributed by atoms with E-state index in [2.05, 4.69) is 15.3 Å². The number of anilines is 1. The molecule has 37 heavy (non-hydrogen) atoms. The van der Waals surface area contributed by atoms with Crippen LogP contribution in [0.2, 0.25) is 10.0 Å². The molecule has 6 nitrogen and oxygen atoms in total. The van der Waals surface area contributed by atoms with Gasteiger partial charge < -0.3 is 4.74 Å². The van der Waals surface area contributed by atoms with Gasteiger partial charge in [0, 0.05) is 16.5 Å². The van der Waals surface area contributed by atoms with Crippen LogP contribution in [0.4, 0.5) is 5.13 Å². The SMILES string of the molecule is CCC(OC(=O)c1ccccc1-c1nc2ccccc2s1)C(=O)Nc1nc(-c2ccc(Cl)c(Cl)c2)cs1. The van der Waals surface area contributed by atoms with Gasteiger partial charge in [-0.2, -0.15) is 0 Å². The molecule has 0 aliphatic rings. The van der Waals surface area contributed by atoms with Gasteiger partial charge in [-0.3, -0.25) is 10.1 Å². The predicted octanol–water partition coefficient (Wildman–Crippen LogP) is 7.97. The van der Waals surface area contributed by atoms with E-state index in [0.717, 1.165) is 15.8 Å². The lowest BCUT2D eigenvalue weighted by atomic mass is 10.1. The van der Waals surface area contributed by atoms with Gasteiger partial charge >= 0.3 is 5.97 Å². The molecule has 10 heteroatoms. The summed E-state index contributed by atoms with van der Waals surface area (Å²) < 4.78 is 6.67. The summed E-state index contributed by atoms with van der Waals surface area (Å²) in [6.45, 7) is 1.78. The van der Waals surface area contributed by atoms with Crippen LogP contribution in [0.25, 0.3) is 32.0 Å². The molecule has 0 radical (unpaired) electrons. The fourth-order valence-corrected chi connectivity index (χ4v) is 5.68. The molecular weight excluding hydrogens is 549 g/mol. The van der Waals surface area contributed by atoms with Crippen molar-refractivity contribution < 1.29 is 14.3 Å². The Labute approximate surface area is 230 Å². The average molecular weight is 569 g/mol. The first-order valence-electron chi connectivity index (χ1n) is 11.3. The van der Waals surface area contributed by atoms with Crippen molar-refractivity contribution in [3.63, 3.8) is 0 Å². The van der Waals surface area contributed by atoms with E-state index in [1.807, 2.05) is 36.4 Å². The molecule has 0 aliphatic carbocycles. The Hall–Kier alpha value is -3.30. The van der Waals surface area contributed by atoms with Crippen LogP contribution in [-0.2, 0) is 9.53 Å². The Balaban J connectivity index is 1.31. The van der Waals surface area contributed by atoms with E-state index in [1.165, 1.54) is 22.7 Å². The molecule has 0 fully saturated rings. The average Bonchev–Trinajstić information content (AvgIpc) is 3.56. The van der Waals surface area contributed by atoms with Crippen molar-refractivity contribution in [2.75, 3.05) is 5.32 Å². The van der Waals surface area contributed by atoms with Crippen LogP contribution >= 0.6 is 45.9 Å². The van der Waals surface area contributed by atoms with E-state index in [9.17, 15) is 9.59 Å². The number of halogens is 2. The number of nitrogens with one attached hydrogen (secondary N) is 1. The Morgan fingerprint density at radius 3 is 2.57 bits per heavy atom. The summed E-state index contributed by atoms with van der Waals surface area (Å²) in [6, 6.07) is 20.1. The summed E-state index contributed by atoms with van der Waals surface area (Å²) in [5.41, 5.74) is 3.30. The minimum atomic E-state index is -0.992. The molecule has 5 rings (SSSR count). The maximum atomic E-state index is 13.2. The summed E-state index contributed by atoms with van der Waals surface area (Å²) >= 11 is 14.9. The fraction of sp³-hybridized carbons (Fsp3) is 0.111. The number of esters is 1. The molecular formula is C27H19Cl2N3O3S2. The third-order valence-electron chi connectivity index (χ3n) is 5.53. The summed E-state index contributed by atoms with van der Waals surface area (Å²) in [6.07, 6.45) is -0.695. The van der Waals surface area contributed by atoms with Gasteiger partial charge in [0.25, 0.3) is 5.91 Å². The first-order valence-corrected chi connectivity index (χ1v) is 13.8. The van der Waals surface area contributed by atoms with Gasteiger partial charge in [0.05, 0.1) is 31.5 Å². The van der Waals surface area contributed by atoms with Gasteiger partial charge in [0.2, 0.25) is 0 Å².